The molecule has 0 aromatic heterocycles. The van der Waals surface area contributed by atoms with Crippen molar-refractivity contribution in [2.75, 3.05) is 18.8 Å². The molecule has 2 rings (SSSR count). The highest BCUT2D eigenvalue weighted by molar-refractivity contribution is 5.98. The predicted molar refractivity (Wildman–Crippen MR) is 65.5 cm³/mol. The number of carbonyl (C=O) groups is 1. The maximum absolute atomic E-state index is 12.2. The lowest BCUT2D eigenvalue weighted by Gasteiger charge is -2.39. The second-order valence-corrected chi connectivity index (χ2v) is 5.01. The lowest BCUT2D eigenvalue weighted by Crippen LogP contribution is -2.46. The molecule has 1 aromatic carbocycles. The standard InChI is InChI=1S/C13H18N2O/c1-4-15-8-13(2,3)11-6-5-9(14)7-10(11)12(15)16/h5-7H,4,8,14H2,1-3H3. The Bertz CT molecular complexity index is 438. The Morgan fingerprint density at radius 2 is 2.12 bits per heavy atom. The molecule has 3 nitrogen and oxygen atoms in total. The van der Waals surface area contributed by atoms with E-state index in [0.29, 0.717) is 5.69 Å². The summed E-state index contributed by atoms with van der Waals surface area (Å²) in [5.74, 6) is 0.101. The van der Waals surface area contributed by atoms with Gasteiger partial charge in [-0.25, -0.2) is 0 Å². The minimum absolute atomic E-state index is 0.00690. The zero-order valence-corrected chi connectivity index (χ0v) is 10.1. The zero-order chi connectivity index (χ0) is 11.9. The van der Waals surface area contributed by atoms with Gasteiger partial charge in [-0.15, -0.1) is 0 Å². The summed E-state index contributed by atoms with van der Waals surface area (Å²) >= 11 is 0. The lowest BCUT2D eigenvalue weighted by atomic mass is 9.78. The number of nitrogens with two attached hydrogens (primary N) is 1. The highest BCUT2D eigenvalue weighted by Gasteiger charge is 2.35. The number of anilines is 1. The average molecular weight is 218 g/mol. The summed E-state index contributed by atoms with van der Waals surface area (Å²) in [6.45, 7) is 7.86. The van der Waals surface area contributed by atoms with Gasteiger partial charge in [-0.2, -0.15) is 0 Å². The van der Waals surface area contributed by atoms with Crippen molar-refractivity contribution < 1.29 is 4.79 Å². The first kappa shape index (κ1) is 11.0. The van der Waals surface area contributed by atoms with Crippen LogP contribution in [0.1, 0.15) is 36.7 Å². The highest BCUT2D eigenvalue weighted by atomic mass is 16.2. The van der Waals surface area contributed by atoms with E-state index in [2.05, 4.69) is 13.8 Å². The fourth-order valence-electron chi connectivity index (χ4n) is 2.39. The molecule has 0 aliphatic carbocycles. The van der Waals surface area contributed by atoms with Crippen LogP contribution in [-0.2, 0) is 5.41 Å². The first-order valence-electron chi connectivity index (χ1n) is 5.65. The van der Waals surface area contributed by atoms with Gasteiger partial charge >= 0.3 is 0 Å². The average Bonchev–Trinajstić information content (AvgIpc) is 2.23. The third kappa shape index (κ3) is 1.56. The number of nitrogen functional groups attached to an aromatic ring is 1. The van der Waals surface area contributed by atoms with Crippen molar-refractivity contribution in [2.45, 2.75) is 26.2 Å². The van der Waals surface area contributed by atoms with E-state index < -0.39 is 0 Å². The normalized spacial score (nSPS) is 18.4. The lowest BCUT2D eigenvalue weighted by molar-refractivity contribution is 0.0699. The van der Waals surface area contributed by atoms with Crippen LogP contribution in [0.15, 0.2) is 18.2 Å². The van der Waals surface area contributed by atoms with Crippen LogP contribution in [0.3, 0.4) is 0 Å². The summed E-state index contributed by atoms with van der Waals surface area (Å²) in [7, 11) is 0. The smallest absolute Gasteiger partial charge is 0.254 e. The quantitative estimate of drug-likeness (QED) is 0.733. The molecule has 0 bridgehead atoms. The molecule has 1 heterocycles. The molecular weight excluding hydrogens is 200 g/mol. The molecule has 1 aromatic rings. The fraction of sp³-hybridized carbons (Fsp3) is 0.462. The minimum Gasteiger partial charge on any atom is -0.399 e. The predicted octanol–water partition coefficient (Wildman–Crippen LogP) is 2.02. The van der Waals surface area contributed by atoms with Gasteiger partial charge in [-0.05, 0) is 24.6 Å². The van der Waals surface area contributed by atoms with Crippen molar-refractivity contribution in [3.05, 3.63) is 29.3 Å². The van der Waals surface area contributed by atoms with E-state index in [-0.39, 0.29) is 11.3 Å². The first-order chi connectivity index (χ1) is 7.45. The molecule has 0 saturated carbocycles. The third-order valence-electron chi connectivity index (χ3n) is 3.26. The van der Waals surface area contributed by atoms with Gasteiger partial charge in [0.25, 0.3) is 5.91 Å². The molecule has 0 spiro atoms. The summed E-state index contributed by atoms with van der Waals surface area (Å²) in [5.41, 5.74) is 8.28. The van der Waals surface area contributed by atoms with Crippen LogP contribution in [0.5, 0.6) is 0 Å². The maximum atomic E-state index is 12.2. The zero-order valence-electron chi connectivity index (χ0n) is 10.1. The van der Waals surface area contributed by atoms with Gasteiger partial charge in [0.15, 0.2) is 0 Å². The molecule has 0 radical (unpaired) electrons. The summed E-state index contributed by atoms with van der Waals surface area (Å²) < 4.78 is 0. The molecule has 0 unspecified atom stereocenters. The van der Waals surface area contributed by atoms with Crippen LogP contribution >= 0.6 is 0 Å². The molecule has 1 amide bonds. The van der Waals surface area contributed by atoms with Gasteiger partial charge in [-0.3, -0.25) is 4.79 Å². The Morgan fingerprint density at radius 3 is 2.75 bits per heavy atom. The molecular formula is C13H18N2O. The van der Waals surface area contributed by atoms with E-state index >= 15 is 0 Å². The number of hydrogen-bond donors (Lipinski definition) is 1. The van der Waals surface area contributed by atoms with Gasteiger partial charge in [0.2, 0.25) is 0 Å². The molecule has 0 fully saturated rings. The topological polar surface area (TPSA) is 46.3 Å². The van der Waals surface area contributed by atoms with Crippen molar-refractivity contribution >= 4 is 11.6 Å². The number of nitrogens with zero attached hydrogens (tertiary/aromatic N) is 1. The number of hydrogen-bond acceptors (Lipinski definition) is 2. The van der Waals surface area contributed by atoms with Crippen LogP contribution in [0.25, 0.3) is 0 Å². The van der Waals surface area contributed by atoms with Gasteiger partial charge in [0.05, 0.1) is 0 Å². The first-order valence-corrected chi connectivity index (χ1v) is 5.65. The summed E-state index contributed by atoms with van der Waals surface area (Å²) in [4.78, 5) is 14.0. The molecule has 2 N–H and O–H groups in total. The van der Waals surface area contributed by atoms with Crippen molar-refractivity contribution in [1.82, 2.24) is 4.90 Å². The largest absolute Gasteiger partial charge is 0.399 e. The van der Waals surface area contributed by atoms with E-state index in [4.69, 9.17) is 5.73 Å². The van der Waals surface area contributed by atoms with Crippen molar-refractivity contribution in [2.24, 2.45) is 0 Å². The summed E-state index contributed by atoms with van der Waals surface area (Å²) in [6, 6.07) is 5.65. The van der Waals surface area contributed by atoms with Crippen molar-refractivity contribution in [1.29, 1.82) is 0 Å². The molecule has 0 saturated heterocycles. The van der Waals surface area contributed by atoms with E-state index in [1.807, 2.05) is 24.0 Å². The van der Waals surface area contributed by atoms with Gasteiger partial charge in [-0.1, -0.05) is 19.9 Å². The maximum Gasteiger partial charge on any atom is 0.254 e. The Balaban J connectivity index is 2.59. The van der Waals surface area contributed by atoms with E-state index in [0.717, 1.165) is 24.2 Å². The van der Waals surface area contributed by atoms with E-state index in [1.165, 1.54) is 0 Å². The molecule has 86 valence electrons. The van der Waals surface area contributed by atoms with Gasteiger partial charge in [0, 0.05) is 29.8 Å². The van der Waals surface area contributed by atoms with Gasteiger partial charge in [0.1, 0.15) is 0 Å². The monoisotopic (exact) mass is 218 g/mol. The van der Waals surface area contributed by atoms with Crippen LogP contribution < -0.4 is 5.73 Å². The number of likely N-dealkylation sites (N-methyl/N-ethyl adjacent to an activating group) is 1. The minimum atomic E-state index is 0.00690. The number of carbonyl (C=O) groups excluding carboxylic acids is 1. The van der Waals surface area contributed by atoms with Crippen LogP contribution in [0.2, 0.25) is 0 Å². The Kier molecular flexibility index (Phi) is 2.41. The number of rotatable bonds is 1. The molecule has 0 atom stereocenters. The number of benzene rings is 1. The van der Waals surface area contributed by atoms with Crippen LogP contribution in [0, 0.1) is 0 Å². The van der Waals surface area contributed by atoms with Crippen molar-refractivity contribution in [3.63, 3.8) is 0 Å². The Hall–Kier alpha value is -1.51. The number of amides is 1. The molecule has 16 heavy (non-hydrogen) atoms. The fourth-order valence-corrected chi connectivity index (χ4v) is 2.39. The Morgan fingerprint density at radius 1 is 1.44 bits per heavy atom. The molecule has 1 aliphatic heterocycles. The molecule has 3 heteroatoms. The van der Waals surface area contributed by atoms with Crippen LogP contribution in [0.4, 0.5) is 5.69 Å². The van der Waals surface area contributed by atoms with E-state index in [9.17, 15) is 4.79 Å². The third-order valence-corrected chi connectivity index (χ3v) is 3.26. The highest BCUT2D eigenvalue weighted by Crippen LogP contribution is 2.33. The van der Waals surface area contributed by atoms with Gasteiger partial charge < -0.3 is 10.6 Å². The van der Waals surface area contributed by atoms with Crippen molar-refractivity contribution in [3.8, 4) is 0 Å². The number of fused-ring (bicyclic) bond motifs is 1. The van der Waals surface area contributed by atoms with E-state index in [1.54, 1.807) is 6.07 Å². The molecule has 1 aliphatic rings. The summed E-state index contributed by atoms with van der Waals surface area (Å²) in [5, 5.41) is 0. The van der Waals surface area contributed by atoms with Crippen LogP contribution in [-0.4, -0.2) is 23.9 Å². The Labute approximate surface area is 96.2 Å². The summed E-state index contributed by atoms with van der Waals surface area (Å²) in [6.07, 6.45) is 0. The second-order valence-electron chi connectivity index (χ2n) is 5.01. The SMILES string of the molecule is CCN1CC(C)(C)c2ccc(N)cc2C1=O. The second kappa shape index (κ2) is 3.51.